The van der Waals surface area contributed by atoms with Gasteiger partial charge in [0, 0.05) is 18.8 Å². The van der Waals surface area contributed by atoms with Crippen molar-refractivity contribution >= 4 is 5.57 Å². The number of alkyl halides is 4. The second-order valence-corrected chi connectivity index (χ2v) is 8.68. The summed E-state index contributed by atoms with van der Waals surface area (Å²) < 4.78 is 58.6. The second kappa shape index (κ2) is 10.2. The summed E-state index contributed by atoms with van der Waals surface area (Å²) in [5, 5.41) is 3.09. The Hall–Kier alpha value is -2.45. The van der Waals surface area contributed by atoms with Gasteiger partial charge in [0.15, 0.2) is 0 Å². The number of halogens is 4. The van der Waals surface area contributed by atoms with E-state index in [1.54, 1.807) is 23.4 Å². The van der Waals surface area contributed by atoms with Crippen LogP contribution in [0.3, 0.4) is 0 Å². The lowest BCUT2D eigenvalue weighted by Gasteiger charge is -2.42. The Morgan fingerprint density at radius 2 is 2.00 bits per heavy atom. The maximum absolute atomic E-state index is 13.6. The van der Waals surface area contributed by atoms with Gasteiger partial charge in [0.05, 0.1) is 25.5 Å². The number of nitrogens with zero attached hydrogens (tertiary/aromatic N) is 2. The molecule has 4 rings (SSSR count). The van der Waals surface area contributed by atoms with Crippen molar-refractivity contribution in [3.8, 4) is 5.75 Å². The predicted molar refractivity (Wildman–Crippen MR) is 120 cm³/mol. The molecule has 0 unspecified atom stereocenters. The highest BCUT2D eigenvalue weighted by Crippen LogP contribution is 2.49. The molecule has 8 heteroatoms. The maximum atomic E-state index is 13.6. The first-order chi connectivity index (χ1) is 15.9. The van der Waals surface area contributed by atoms with Gasteiger partial charge in [-0.1, -0.05) is 24.3 Å². The molecule has 2 heterocycles. The number of pyridine rings is 1. The topological polar surface area (TPSA) is 37.4 Å². The molecular weight excluding hydrogens is 434 g/mol. The molecule has 1 N–H and O–H groups in total. The molecule has 178 valence electrons. The van der Waals surface area contributed by atoms with Crippen LogP contribution in [0.25, 0.3) is 5.57 Å². The zero-order chi connectivity index (χ0) is 23.4. The fourth-order valence-corrected chi connectivity index (χ4v) is 4.89. The zero-order valence-corrected chi connectivity index (χ0v) is 18.7. The average Bonchev–Trinajstić information content (AvgIpc) is 3.14. The van der Waals surface area contributed by atoms with Crippen LogP contribution in [0.4, 0.5) is 17.6 Å². The first kappa shape index (κ1) is 23.7. The van der Waals surface area contributed by atoms with Crippen LogP contribution in [0.2, 0.25) is 0 Å². The summed E-state index contributed by atoms with van der Waals surface area (Å²) in [4.78, 5) is 5.83. The molecule has 0 saturated carbocycles. The summed E-state index contributed by atoms with van der Waals surface area (Å²) >= 11 is 0. The van der Waals surface area contributed by atoms with Crippen LogP contribution in [0.5, 0.6) is 5.75 Å². The lowest BCUT2D eigenvalue weighted by atomic mass is 9.85. The van der Waals surface area contributed by atoms with Gasteiger partial charge in [-0.05, 0) is 66.6 Å². The summed E-state index contributed by atoms with van der Waals surface area (Å²) in [6.45, 7) is 2.01. The van der Waals surface area contributed by atoms with Gasteiger partial charge in [-0.3, -0.25) is 14.3 Å². The summed E-state index contributed by atoms with van der Waals surface area (Å²) in [6.07, 6.45) is 0.596. The first-order valence-electron chi connectivity index (χ1n) is 11.3. The van der Waals surface area contributed by atoms with Crippen molar-refractivity contribution < 1.29 is 22.3 Å². The van der Waals surface area contributed by atoms with Gasteiger partial charge < -0.3 is 10.1 Å². The number of nitrogens with one attached hydrogen (secondary N) is 1. The smallest absolute Gasteiger partial charge is 0.401 e. The number of hydrogen-bond acceptors (Lipinski definition) is 4. The molecule has 1 aliphatic carbocycles. The van der Waals surface area contributed by atoms with Gasteiger partial charge >= 0.3 is 6.18 Å². The number of fused-ring (bicyclic) bond motifs is 2. The zero-order valence-electron chi connectivity index (χ0n) is 18.7. The van der Waals surface area contributed by atoms with Gasteiger partial charge in [0.1, 0.15) is 12.4 Å². The van der Waals surface area contributed by atoms with Crippen molar-refractivity contribution in [2.24, 2.45) is 0 Å². The van der Waals surface area contributed by atoms with E-state index in [2.05, 4.69) is 22.4 Å². The number of ether oxygens (including phenoxy) is 1. The van der Waals surface area contributed by atoms with E-state index in [0.717, 1.165) is 22.3 Å². The lowest BCUT2D eigenvalue weighted by Crippen LogP contribution is -2.45. The van der Waals surface area contributed by atoms with Crippen molar-refractivity contribution in [2.45, 2.75) is 44.4 Å². The summed E-state index contributed by atoms with van der Waals surface area (Å²) in [7, 11) is 0. The lowest BCUT2D eigenvalue weighted by molar-refractivity contribution is -0.155. The van der Waals surface area contributed by atoms with Crippen molar-refractivity contribution in [3.63, 3.8) is 0 Å². The Morgan fingerprint density at radius 3 is 2.79 bits per heavy atom. The minimum Gasteiger partial charge on any atom is -0.491 e. The molecule has 2 atom stereocenters. The fraction of sp³-hybridized carbons (Fsp3) is 0.480. The number of hydrogen-bond donors (Lipinski definition) is 1. The molecule has 0 spiro atoms. The molecule has 33 heavy (non-hydrogen) atoms. The van der Waals surface area contributed by atoms with Gasteiger partial charge in [-0.2, -0.15) is 13.2 Å². The van der Waals surface area contributed by atoms with Crippen LogP contribution in [0, 0.1) is 0 Å². The van der Waals surface area contributed by atoms with Crippen LogP contribution < -0.4 is 10.1 Å². The van der Waals surface area contributed by atoms with Gasteiger partial charge in [-0.15, -0.1) is 0 Å². The van der Waals surface area contributed by atoms with E-state index in [1.807, 2.05) is 19.1 Å². The quantitative estimate of drug-likeness (QED) is 0.414. The second-order valence-electron chi connectivity index (χ2n) is 8.68. The first-order valence-corrected chi connectivity index (χ1v) is 11.3. The Kier molecular flexibility index (Phi) is 7.34. The number of rotatable bonds is 9. The highest BCUT2D eigenvalue weighted by Gasteiger charge is 2.43. The fourth-order valence-electron chi connectivity index (χ4n) is 4.89. The minimum atomic E-state index is -4.30. The Labute approximate surface area is 191 Å². The Balaban J connectivity index is 1.60. The van der Waals surface area contributed by atoms with Crippen molar-refractivity contribution in [1.29, 1.82) is 0 Å². The van der Waals surface area contributed by atoms with Crippen LogP contribution in [0.15, 0.2) is 48.3 Å². The molecule has 2 aliphatic rings. The van der Waals surface area contributed by atoms with E-state index in [0.29, 0.717) is 50.3 Å². The largest absolute Gasteiger partial charge is 0.491 e. The van der Waals surface area contributed by atoms with E-state index in [9.17, 15) is 17.6 Å². The molecule has 1 aromatic carbocycles. The minimum absolute atomic E-state index is 0.272. The van der Waals surface area contributed by atoms with Crippen molar-refractivity contribution in [3.05, 3.63) is 65.0 Å². The maximum Gasteiger partial charge on any atom is 0.401 e. The summed E-state index contributed by atoms with van der Waals surface area (Å²) in [6, 6.07) is 9.08. The average molecular weight is 464 g/mol. The highest BCUT2D eigenvalue weighted by atomic mass is 19.4. The molecule has 0 bridgehead atoms. The normalized spacial score (nSPS) is 20.6. The van der Waals surface area contributed by atoms with Crippen LogP contribution in [-0.2, 0) is 6.42 Å². The predicted octanol–water partition coefficient (Wildman–Crippen LogP) is 5.12. The molecule has 2 aromatic rings. The Morgan fingerprint density at radius 1 is 1.18 bits per heavy atom. The SMILES string of the molecule is C[C@@H]1CC2=C(Cc3ccccc32)[C@@H](c2cncc(OCCNCCCF)c2)N1CC(F)(F)F. The van der Waals surface area contributed by atoms with Gasteiger partial charge in [-0.25, -0.2) is 0 Å². The standard InChI is InChI=1S/C25H29F4N3O/c1-17-11-22-21-6-3-2-5-18(21)13-23(22)24(32(17)16-25(27,28)29)19-12-20(15-31-14-19)33-10-9-30-8-4-7-26/h2-3,5-6,12,14-15,17,24,30H,4,7-11,13,16H2,1H3/t17-,24-/m1/s1. The third-order valence-corrected chi connectivity index (χ3v) is 6.29. The van der Waals surface area contributed by atoms with E-state index in [4.69, 9.17) is 4.74 Å². The van der Waals surface area contributed by atoms with E-state index in [-0.39, 0.29) is 12.7 Å². The Bertz CT molecular complexity index is 992. The van der Waals surface area contributed by atoms with Crippen LogP contribution in [-0.4, -0.2) is 55.0 Å². The summed E-state index contributed by atoms with van der Waals surface area (Å²) in [5.41, 5.74) is 5.19. The van der Waals surface area contributed by atoms with Crippen molar-refractivity contribution in [2.75, 3.05) is 32.9 Å². The third kappa shape index (κ3) is 5.55. The van der Waals surface area contributed by atoms with Gasteiger partial charge in [0.2, 0.25) is 0 Å². The molecular formula is C25H29F4N3O. The molecule has 0 saturated heterocycles. The molecule has 0 radical (unpaired) electrons. The van der Waals surface area contributed by atoms with E-state index >= 15 is 0 Å². The van der Waals surface area contributed by atoms with Crippen molar-refractivity contribution in [1.82, 2.24) is 15.2 Å². The monoisotopic (exact) mass is 463 g/mol. The van der Waals surface area contributed by atoms with Crippen LogP contribution >= 0.6 is 0 Å². The molecule has 4 nitrogen and oxygen atoms in total. The van der Waals surface area contributed by atoms with E-state index in [1.165, 1.54) is 0 Å². The molecule has 1 aromatic heterocycles. The molecule has 0 amide bonds. The highest BCUT2D eigenvalue weighted by molar-refractivity contribution is 5.78. The molecule has 1 aliphatic heterocycles. The number of aromatic nitrogens is 1. The third-order valence-electron chi connectivity index (χ3n) is 6.29. The van der Waals surface area contributed by atoms with E-state index < -0.39 is 18.8 Å². The summed E-state index contributed by atoms with van der Waals surface area (Å²) in [5.74, 6) is 0.516. The van der Waals surface area contributed by atoms with Crippen LogP contribution in [0.1, 0.15) is 42.5 Å². The molecule has 0 fully saturated rings. The van der Waals surface area contributed by atoms with Gasteiger partial charge in [0.25, 0.3) is 0 Å². The number of benzene rings is 1.